The molecule has 21 heavy (non-hydrogen) atoms. The SMILES string of the molecule is I.c1ccc(-n2cc(CCNC3=NCCCN3)cn2)cc1. The second-order valence-electron chi connectivity index (χ2n) is 4.82. The first-order chi connectivity index (χ1) is 9.92. The van der Waals surface area contributed by atoms with Gasteiger partial charge in [0.05, 0.1) is 11.9 Å². The molecular formula is C15H20IN5. The summed E-state index contributed by atoms with van der Waals surface area (Å²) in [5.74, 6) is 0.923. The van der Waals surface area contributed by atoms with Crippen molar-refractivity contribution in [3.8, 4) is 5.69 Å². The van der Waals surface area contributed by atoms with Crippen molar-refractivity contribution in [3.05, 3.63) is 48.3 Å². The van der Waals surface area contributed by atoms with Crippen LogP contribution in [0, 0.1) is 0 Å². The highest BCUT2D eigenvalue weighted by Gasteiger charge is 2.04. The van der Waals surface area contributed by atoms with Crippen molar-refractivity contribution in [3.63, 3.8) is 0 Å². The lowest BCUT2D eigenvalue weighted by molar-refractivity contribution is 0.700. The number of nitrogens with one attached hydrogen (secondary N) is 2. The van der Waals surface area contributed by atoms with E-state index in [9.17, 15) is 0 Å². The standard InChI is InChI=1S/C15H19N5.HI/c1-2-5-14(6-3-1)20-12-13(11-19-20)7-10-18-15-16-8-4-9-17-15;/h1-3,5-6,11-12H,4,7-10H2,(H2,16,17,18);1H. The van der Waals surface area contributed by atoms with E-state index in [1.165, 1.54) is 5.56 Å². The zero-order chi connectivity index (χ0) is 13.6. The van der Waals surface area contributed by atoms with Crippen molar-refractivity contribution < 1.29 is 0 Å². The Balaban J connectivity index is 0.00000161. The predicted octanol–water partition coefficient (Wildman–Crippen LogP) is 1.97. The van der Waals surface area contributed by atoms with Gasteiger partial charge in [-0.15, -0.1) is 24.0 Å². The van der Waals surface area contributed by atoms with E-state index in [1.54, 1.807) is 0 Å². The molecule has 0 spiro atoms. The lowest BCUT2D eigenvalue weighted by Gasteiger charge is -2.15. The van der Waals surface area contributed by atoms with Crippen molar-refractivity contribution in [2.75, 3.05) is 19.6 Å². The highest BCUT2D eigenvalue weighted by molar-refractivity contribution is 14.0. The second kappa shape index (κ2) is 8.02. The van der Waals surface area contributed by atoms with E-state index in [2.05, 4.69) is 39.1 Å². The number of guanidine groups is 1. The minimum atomic E-state index is 0. The number of rotatable bonds is 4. The van der Waals surface area contributed by atoms with Gasteiger partial charge in [-0.05, 0) is 30.5 Å². The summed E-state index contributed by atoms with van der Waals surface area (Å²) in [6.45, 7) is 2.80. The first-order valence-corrected chi connectivity index (χ1v) is 7.03. The number of nitrogens with zero attached hydrogens (tertiary/aromatic N) is 3. The van der Waals surface area contributed by atoms with Crippen LogP contribution in [-0.4, -0.2) is 35.4 Å². The van der Waals surface area contributed by atoms with Crippen LogP contribution in [0.25, 0.3) is 5.69 Å². The lowest BCUT2D eigenvalue weighted by Crippen LogP contribution is -2.41. The molecule has 1 aromatic heterocycles. The van der Waals surface area contributed by atoms with Gasteiger partial charge < -0.3 is 10.6 Å². The number of benzene rings is 1. The third kappa shape index (κ3) is 4.45. The van der Waals surface area contributed by atoms with Gasteiger partial charge in [-0.3, -0.25) is 4.99 Å². The monoisotopic (exact) mass is 397 g/mol. The van der Waals surface area contributed by atoms with Crippen LogP contribution in [0.3, 0.4) is 0 Å². The molecular weight excluding hydrogens is 377 g/mol. The summed E-state index contributed by atoms with van der Waals surface area (Å²) in [6.07, 6.45) is 6.06. The summed E-state index contributed by atoms with van der Waals surface area (Å²) >= 11 is 0. The fourth-order valence-electron chi connectivity index (χ4n) is 2.19. The Morgan fingerprint density at radius 3 is 2.86 bits per heavy atom. The third-order valence-electron chi connectivity index (χ3n) is 3.26. The summed E-state index contributed by atoms with van der Waals surface area (Å²) in [4.78, 5) is 4.39. The van der Waals surface area contributed by atoms with Crippen molar-refractivity contribution in [2.24, 2.45) is 4.99 Å². The van der Waals surface area contributed by atoms with Crippen LogP contribution in [0.15, 0.2) is 47.7 Å². The number of aliphatic imine (C=N–C) groups is 1. The van der Waals surface area contributed by atoms with E-state index in [0.717, 1.165) is 44.1 Å². The molecule has 0 fully saturated rings. The van der Waals surface area contributed by atoms with Crippen LogP contribution in [0.4, 0.5) is 0 Å². The fourth-order valence-corrected chi connectivity index (χ4v) is 2.19. The summed E-state index contributed by atoms with van der Waals surface area (Å²) < 4.78 is 1.91. The largest absolute Gasteiger partial charge is 0.356 e. The van der Waals surface area contributed by atoms with Crippen LogP contribution in [-0.2, 0) is 6.42 Å². The van der Waals surface area contributed by atoms with Gasteiger partial charge in [0.1, 0.15) is 0 Å². The Hall–Kier alpha value is -1.57. The molecule has 1 aliphatic rings. The van der Waals surface area contributed by atoms with Gasteiger partial charge in [0.25, 0.3) is 0 Å². The van der Waals surface area contributed by atoms with E-state index in [0.29, 0.717) is 0 Å². The third-order valence-corrected chi connectivity index (χ3v) is 3.26. The first-order valence-electron chi connectivity index (χ1n) is 7.03. The van der Waals surface area contributed by atoms with Crippen LogP contribution in [0.5, 0.6) is 0 Å². The maximum Gasteiger partial charge on any atom is 0.191 e. The van der Waals surface area contributed by atoms with Gasteiger partial charge in [0, 0.05) is 25.8 Å². The number of para-hydroxylation sites is 1. The molecule has 2 N–H and O–H groups in total. The molecule has 1 aromatic carbocycles. The van der Waals surface area contributed by atoms with Crippen LogP contribution in [0.2, 0.25) is 0 Å². The quantitative estimate of drug-likeness (QED) is 0.776. The number of hydrogen-bond donors (Lipinski definition) is 2. The molecule has 0 bridgehead atoms. The molecule has 0 saturated carbocycles. The summed E-state index contributed by atoms with van der Waals surface area (Å²) in [5, 5.41) is 11.0. The normalized spacial score (nSPS) is 13.8. The Kier molecular flexibility index (Phi) is 6.04. The number of hydrogen-bond acceptors (Lipinski definition) is 4. The van der Waals surface area contributed by atoms with E-state index >= 15 is 0 Å². The highest BCUT2D eigenvalue weighted by atomic mass is 127. The smallest absolute Gasteiger partial charge is 0.191 e. The topological polar surface area (TPSA) is 54.2 Å². The van der Waals surface area contributed by atoms with Gasteiger partial charge in [0.15, 0.2) is 5.96 Å². The molecule has 0 aliphatic carbocycles. The fraction of sp³-hybridized carbons (Fsp3) is 0.333. The van der Waals surface area contributed by atoms with Crippen LogP contribution >= 0.6 is 24.0 Å². The molecule has 6 heteroatoms. The molecule has 0 radical (unpaired) electrons. The van der Waals surface area contributed by atoms with Crippen molar-refractivity contribution >= 4 is 29.9 Å². The maximum absolute atomic E-state index is 4.39. The summed E-state index contributed by atoms with van der Waals surface area (Å²) in [7, 11) is 0. The van der Waals surface area contributed by atoms with Gasteiger partial charge in [-0.2, -0.15) is 5.10 Å². The molecule has 112 valence electrons. The van der Waals surface area contributed by atoms with Crippen LogP contribution < -0.4 is 10.6 Å². The lowest BCUT2D eigenvalue weighted by atomic mass is 10.2. The van der Waals surface area contributed by atoms with Crippen molar-refractivity contribution in [2.45, 2.75) is 12.8 Å². The molecule has 0 unspecified atom stereocenters. The van der Waals surface area contributed by atoms with Crippen LogP contribution in [0.1, 0.15) is 12.0 Å². The van der Waals surface area contributed by atoms with Crippen molar-refractivity contribution in [1.82, 2.24) is 20.4 Å². The number of halogens is 1. The van der Waals surface area contributed by atoms with Gasteiger partial charge >= 0.3 is 0 Å². The first kappa shape index (κ1) is 15.8. The minimum absolute atomic E-state index is 0. The molecule has 0 atom stereocenters. The van der Waals surface area contributed by atoms with Gasteiger partial charge in [0.2, 0.25) is 0 Å². The second-order valence-corrected chi connectivity index (χ2v) is 4.82. The number of aromatic nitrogens is 2. The molecule has 0 saturated heterocycles. The average Bonchev–Trinajstić information content (AvgIpc) is 2.98. The summed E-state index contributed by atoms with van der Waals surface area (Å²) in [6, 6.07) is 10.2. The Morgan fingerprint density at radius 1 is 1.24 bits per heavy atom. The molecule has 3 rings (SSSR count). The predicted molar refractivity (Wildman–Crippen MR) is 95.6 cm³/mol. The van der Waals surface area contributed by atoms with Gasteiger partial charge in [-0.25, -0.2) is 4.68 Å². The highest BCUT2D eigenvalue weighted by Crippen LogP contribution is 2.07. The Bertz CT molecular complexity index is 579. The molecule has 0 amide bonds. The van der Waals surface area contributed by atoms with Crippen molar-refractivity contribution in [1.29, 1.82) is 0 Å². The maximum atomic E-state index is 4.39. The zero-order valence-corrected chi connectivity index (χ0v) is 14.2. The van der Waals surface area contributed by atoms with Gasteiger partial charge in [-0.1, -0.05) is 18.2 Å². The minimum Gasteiger partial charge on any atom is -0.356 e. The van der Waals surface area contributed by atoms with E-state index in [4.69, 9.17) is 0 Å². The molecule has 5 nitrogen and oxygen atoms in total. The average molecular weight is 397 g/mol. The zero-order valence-electron chi connectivity index (χ0n) is 11.8. The molecule has 2 aromatic rings. The molecule has 1 aliphatic heterocycles. The van der Waals surface area contributed by atoms with E-state index in [-0.39, 0.29) is 24.0 Å². The van der Waals surface area contributed by atoms with E-state index in [1.807, 2.05) is 29.1 Å². The Morgan fingerprint density at radius 2 is 2.10 bits per heavy atom. The Labute approximate surface area is 141 Å². The summed E-state index contributed by atoms with van der Waals surface area (Å²) in [5.41, 5.74) is 2.31. The van der Waals surface area contributed by atoms with E-state index < -0.39 is 0 Å². The molecule has 2 heterocycles.